The van der Waals surface area contributed by atoms with Crippen molar-refractivity contribution in [3.05, 3.63) is 58.4 Å². The van der Waals surface area contributed by atoms with E-state index in [-0.39, 0.29) is 29.5 Å². The average Bonchev–Trinajstić information content (AvgIpc) is 3.58. The number of nitriles is 1. The number of nitrogens with zero attached hydrogens (tertiary/aromatic N) is 9. The molecule has 12 heteroatoms. The molecule has 2 saturated heterocycles. The van der Waals surface area contributed by atoms with Gasteiger partial charge in [-0.05, 0) is 46.5 Å². The molecule has 36 heavy (non-hydrogen) atoms. The molecule has 1 aliphatic carbocycles. The third-order valence-corrected chi connectivity index (χ3v) is 7.47. The van der Waals surface area contributed by atoms with Crippen LogP contribution in [0.15, 0.2) is 24.7 Å². The van der Waals surface area contributed by atoms with Crippen LogP contribution in [0.3, 0.4) is 0 Å². The van der Waals surface area contributed by atoms with E-state index in [1.54, 1.807) is 19.2 Å². The molecule has 1 aromatic carbocycles. The lowest BCUT2D eigenvalue weighted by molar-refractivity contribution is -0.143. The maximum Gasteiger partial charge on any atom is 0.253 e. The summed E-state index contributed by atoms with van der Waals surface area (Å²) < 4.78 is 21.5. The number of amides is 1. The summed E-state index contributed by atoms with van der Waals surface area (Å²) in [5.74, 6) is -0.140. The Kier molecular flexibility index (Phi) is 5.66. The van der Waals surface area contributed by atoms with Gasteiger partial charge in [0.15, 0.2) is 0 Å². The first-order valence-electron chi connectivity index (χ1n) is 11.9. The number of benzene rings is 1. The summed E-state index contributed by atoms with van der Waals surface area (Å²) in [6.45, 7) is 4.87. The van der Waals surface area contributed by atoms with Crippen LogP contribution in [0.1, 0.15) is 34.1 Å². The lowest BCUT2D eigenvalue weighted by Gasteiger charge is -2.46. The predicted molar refractivity (Wildman–Crippen MR) is 122 cm³/mol. The highest BCUT2D eigenvalue weighted by Gasteiger charge is 2.39. The standard InChI is InChI=1S/C24H24FN9O2/c1-14-18(2-3-20(25)19(14)8-26)22-11-32-4-5-33(10-17(32)12-36-22)23(35)15-6-16-9-27-24(29-21(16)7-15)34-13-28-30-31-34/h2-3,9,13,15,17,22H,4-7,10-12H2,1H3/t15?,17-,22+/m1/s1. The van der Waals surface area contributed by atoms with Crippen LogP contribution in [-0.2, 0) is 22.4 Å². The Morgan fingerprint density at radius 2 is 2.14 bits per heavy atom. The number of morpholine rings is 1. The second kappa shape index (κ2) is 9.00. The lowest BCUT2D eigenvalue weighted by atomic mass is 9.96. The van der Waals surface area contributed by atoms with Gasteiger partial charge in [0.05, 0.1) is 30.0 Å². The second-order valence-electron chi connectivity index (χ2n) is 9.50. The van der Waals surface area contributed by atoms with Crippen LogP contribution in [0.4, 0.5) is 4.39 Å². The SMILES string of the molecule is Cc1c([C@@H]2CN3CCN(C(=O)C4Cc5cnc(-n6cnnn6)nc5C4)C[C@@H]3CO2)ccc(F)c1C#N. The minimum absolute atomic E-state index is 0.0703. The average molecular weight is 490 g/mol. The second-order valence-corrected chi connectivity index (χ2v) is 9.50. The van der Waals surface area contributed by atoms with E-state index in [0.717, 1.165) is 23.4 Å². The molecule has 1 amide bonds. The van der Waals surface area contributed by atoms with Gasteiger partial charge in [-0.25, -0.2) is 14.4 Å². The highest BCUT2D eigenvalue weighted by Crippen LogP contribution is 2.32. The van der Waals surface area contributed by atoms with E-state index < -0.39 is 5.82 Å². The molecule has 1 unspecified atom stereocenters. The van der Waals surface area contributed by atoms with Gasteiger partial charge in [0.2, 0.25) is 5.91 Å². The zero-order valence-corrected chi connectivity index (χ0v) is 19.7. The normalized spacial score (nSPS) is 23.7. The molecular formula is C24H24FN9O2. The van der Waals surface area contributed by atoms with E-state index in [9.17, 15) is 14.4 Å². The zero-order chi connectivity index (χ0) is 24.8. The van der Waals surface area contributed by atoms with E-state index in [1.807, 2.05) is 11.0 Å². The van der Waals surface area contributed by atoms with Crippen molar-refractivity contribution in [1.82, 2.24) is 40.0 Å². The number of rotatable bonds is 3. The Morgan fingerprint density at radius 3 is 2.94 bits per heavy atom. The van der Waals surface area contributed by atoms with E-state index in [2.05, 4.69) is 30.4 Å². The van der Waals surface area contributed by atoms with Crippen molar-refractivity contribution >= 4 is 5.91 Å². The van der Waals surface area contributed by atoms with Crippen molar-refractivity contribution in [2.75, 3.05) is 32.8 Å². The van der Waals surface area contributed by atoms with Gasteiger partial charge >= 0.3 is 0 Å². The Balaban J connectivity index is 1.09. The highest BCUT2D eigenvalue weighted by atomic mass is 19.1. The number of tetrazole rings is 1. The quantitative estimate of drug-likeness (QED) is 0.524. The topological polar surface area (TPSA) is 126 Å². The largest absolute Gasteiger partial charge is 0.370 e. The van der Waals surface area contributed by atoms with Gasteiger partial charge in [0.25, 0.3) is 5.95 Å². The fourth-order valence-electron chi connectivity index (χ4n) is 5.50. The Labute approximate surface area is 206 Å². The van der Waals surface area contributed by atoms with Crippen LogP contribution < -0.4 is 0 Å². The van der Waals surface area contributed by atoms with Gasteiger partial charge in [-0.1, -0.05) is 6.07 Å². The molecule has 3 atom stereocenters. The van der Waals surface area contributed by atoms with Crippen molar-refractivity contribution in [3.63, 3.8) is 0 Å². The number of piperazine rings is 1. The van der Waals surface area contributed by atoms with Crippen LogP contribution in [0.25, 0.3) is 5.95 Å². The summed E-state index contributed by atoms with van der Waals surface area (Å²) in [4.78, 5) is 26.6. The summed E-state index contributed by atoms with van der Waals surface area (Å²) in [6.07, 6.45) is 4.16. The molecule has 2 fully saturated rings. The van der Waals surface area contributed by atoms with Crippen molar-refractivity contribution in [1.29, 1.82) is 5.26 Å². The summed E-state index contributed by atoms with van der Waals surface area (Å²) in [5.41, 5.74) is 3.39. The molecule has 6 rings (SSSR count). The number of fused-ring (bicyclic) bond motifs is 2. The summed E-state index contributed by atoms with van der Waals surface area (Å²) in [7, 11) is 0. The summed E-state index contributed by atoms with van der Waals surface area (Å²) in [6, 6.07) is 5.10. The maximum absolute atomic E-state index is 14.0. The number of carbonyl (C=O) groups is 1. The third kappa shape index (κ3) is 3.90. The first kappa shape index (κ1) is 22.6. The molecule has 2 aliphatic heterocycles. The van der Waals surface area contributed by atoms with Gasteiger partial charge in [-0.2, -0.15) is 9.94 Å². The van der Waals surface area contributed by atoms with Gasteiger partial charge in [-0.3, -0.25) is 9.69 Å². The molecule has 184 valence electrons. The van der Waals surface area contributed by atoms with Crippen LogP contribution in [0.2, 0.25) is 0 Å². The first-order chi connectivity index (χ1) is 17.5. The molecule has 0 bridgehead atoms. The molecule has 0 spiro atoms. The monoisotopic (exact) mass is 489 g/mol. The Bertz CT molecular complexity index is 1360. The minimum atomic E-state index is -0.508. The molecule has 0 N–H and O–H groups in total. The fourth-order valence-corrected chi connectivity index (χ4v) is 5.50. The van der Waals surface area contributed by atoms with Crippen molar-refractivity contribution in [2.45, 2.75) is 31.9 Å². The van der Waals surface area contributed by atoms with Crippen LogP contribution in [-0.4, -0.2) is 84.7 Å². The Morgan fingerprint density at radius 1 is 1.25 bits per heavy atom. The maximum atomic E-state index is 14.0. The molecule has 0 radical (unpaired) electrons. The molecule has 0 saturated carbocycles. The molecule has 3 aromatic rings. The molecular weight excluding hydrogens is 465 g/mol. The third-order valence-electron chi connectivity index (χ3n) is 7.47. The van der Waals surface area contributed by atoms with Gasteiger partial charge in [0.1, 0.15) is 18.2 Å². The van der Waals surface area contributed by atoms with Crippen molar-refractivity contribution < 1.29 is 13.9 Å². The van der Waals surface area contributed by atoms with Crippen LogP contribution >= 0.6 is 0 Å². The first-order valence-corrected chi connectivity index (χ1v) is 11.9. The summed E-state index contributed by atoms with van der Waals surface area (Å²) >= 11 is 0. The number of hydrogen-bond acceptors (Lipinski definition) is 9. The highest BCUT2D eigenvalue weighted by molar-refractivity contribution is 5.80. The van der Waals surface area contributed by atoms with E-state index in [0.29, 0.717) is 50.6 Å². The number of ether oxygens (including phenoxy) is 1. The van der Waals surface area contributed by atoms with Crippen molar-refractivity contribution in [2.24, 2.45) is 5.92 Å². The molecule has 2 aromatic heterocycles. The number of halogens is 1. The smallest absolute Gasteiger partial charge is 0.253 e. The van der Waals surface area contributed by atoms with Crippen molar-refractivity contribution in [3.8, 4) is 12.0 Å². The van der Waals surface area contributed by atoms with E-state index in [4.69, 9.17) is 4.74 Å². The van der Waals surface area contributed by atoms with E-state index >= 15 is 0 Å². The van der Waals surface area contributed by atoms with E-state index in [1.165, 1.54) is 17.1 Å². The number of hydrogen-bond donors (Lipinski definition) is 0. The fraction of sp³-hybridized carbons (Fsp3) is 0.458. The minimum Gasteiger partial charge on any atom is -0.370 e. The number of aromatic nitrogens is 6. The molecule has 3 aliphatic rings. The lowest BCUT2D eigenvalue weighted by Crippen LogP contribution is -2.60. The van der Waals surface area contributed by atoms with Gasteiger partial charge < -0.3 is 9.64 Å². The Hall–Kier alpha value is -3.82. The predicted octanol–water partition coefficient (Wildman–Crippen LogP) is 0.771. The zero-order valence-electron chi connectivity index (χ0n) is 19.7. The molecule has 4 heterocycles. The molecule has 11 nitrogen and oxygen atoms in total. The van der Waals surface area contributed by atoms with Gasteiger partial charge in [-0.15, -0.1) is 5.10 Å². The van der Waals surface area contributed by atoms with Crippen LogP contribution in [0, 0.1) is 30.0 Å². The summed E-state index contributed by atoms with van der Waals surface area (Å²) in [5, 5.41) is 20.4. The van der Waals surface area contributed by atoms with Gasteiger partial charge in [0, 0.05) is 44.7 Å². The van der Waals surface area contributed by atoms with Crippen LogP contribution in [0.5, 0.6) is 0 Å². The number of carbonyl (C=O) groups excluding carboxylic acids is 1.